The molecule has 0 aromatic heterocycles. The van der Waals surface area contributed by atoms with Gasteiger partial charge in [-0.05, 0) is 73.1 Å². The molecular weight excluding hydrogens is 248 g/mol. The van der Waals surface area contributed by atoms with Crippen LogP contribution >= 0.6 is 0 Å². The number of fused-ring (bicyclic) bond motifs is 3. The molecule has 1 aromatic carbocycles. The molecule has 1 spiro atoms. The molecule has 2 heteroatoms. The van der Waals surface area contributed by atoms with Gasteiger partial charge in [0.05, 0.1) is 0 Å². The fourth-order valence-electron chi connectivity index (χ4n) is 4.85. The summed E-state index contributed by atoms with van der Waals surface area (Å²) < 4.78 is 0. The molecule has 0 radical (unpaired) electrons. The van der Waals surface area contributed by atoms with Crippen molar-refractivity contribution in [2.45, 2.75) is 57.8 Å². The second kappa shape index (κ2) is 3.87. The third-order valence-corrected chi connectivity index (χ3v) is 6.50. The molecule has 2 saturated carbocycles. The van der Waals surface area contributed by atoms with Crippen LogP contribution in [0, 0.1) is 10.8 Å². The summed E-state index contributed by atoms with van der Waals surface area (Å²) >= 11 is 0. The van der Waals surface area contributed by atoms with Crippen LogP contribution in [0.5, 0.6) is 5.75 Å². The Morgan fingerprint density at radius 3 is 2.70 bits per heavy atom. The summed E-state index contributed by atoms with van der Waals surface area (Å²) in [5, 5.41) is 9.70. The van der Waals surface area contributed by atoms with Gasteiger partial charge in [0.1, 0.15) is 11.5 Å². The third kappa shape index (κ3) is 1.54. The first kappa shape index (κ1) is 12.4. The number of phenolic OH excluding ortho intramolecular Hbond substituents is 1. The van der Waals surface area contributed by atoms with E-state index in [0.29, 0.717) is 22.9 Å². The zero-order valence-corrected chi connectivity index (χ0v) is 12.1. The highest BCUT2D eigenvalue weighted by Crippen LogP contribution is 2.62. The van der Waals surface area contributed by atoms with Gasteiger partial charge in [0.25, 0.3) is 0 Å². The highest BCUT2D eigenvalue weighted by atomic mass is 16.3. The van der Waals surface area contributed by atoms with E-state index < -0.39 is 0 Å². The molecule has 0 saturated heterocycles. The summed E-state index contributed by atoms with van der Waals surface area (Å²) in [6, 6.07) is 5.85. The molecule has 0 aliphatic heterocycles. The number of carbonyl (C=O) groups excluding carboxylic acids is 1. The van der Waals surface area contributed by atoms with Crippen molar-refractivity contribution in [3.63, 3.8) is 0 Å². The Morgan fingerprint density at radius 2 is 2.00 bits per heavy atom. The molecule has 3 atom stereocenters. The molecule has 0 amide bonds. The van der Waals surface area contributed by atoms with Gasteiger partial charge in [0, 0.05) is 11.8 Å². The van der Waals surface area contributed by atoms with Crippen molar-refractivity contribution in [3.05, 3.63) is 29.3 Å². The Labute approximate surface area is 120 Å². The number of rotatable bonds is 0. The number of benzene rings is 1. The van der Waals surface area contributed by atoms with Crippen molar-refractivity contribution in [3.8, 4) is 5.75 Å². The number of ketones is 1. The largest absolute Gasteiger partial charge is 0.508 e. The van der Waals surface area contributed by atoms with Crippen LogP contribution in [0.1, 0.15) is 62.5 Å². The maximum absolute atomic E-state index is 12.1. The number of carbonyl (C=O) groups is 1. The summed E-state index contributed by atoms with van der Waals surface area (Å²) in [4.78, 5) is 12.1. The molecule has 2 fully saturated rings. The normalized spacial score (nSPS) is 39.0. The van der Waals surface area contributed by atoms with E-state index >= 15 is 0 Å². The number of Topliss-reactive ketones (excluding diaryl/α,β-unsaturated/α-hetero) is 1. The van der Waals surface area contributed by atoms with Gasteiger partial charge in [-0.2, -0.15) is 0 Å². The summed E-state index contributed by atoms with van der Waals surface area (Å²) in [6.07, 6.45) is 7.49. The monoisotopic (exact) mass is 270 g/mol. The van der Waals surface area contributed by atoms with Crippen molar-refractivity contribution in [2.75, 3.05) is 0 Å². The van der Waals surface area contributed by atoms with Crippen molar-refractivity contribution >= 4 is 5.78 Å². The molecule has 20 heavy (non-hydrogen) atoms. The molecule has 106 valence electrons. The van der Waals surface area contributed by atoms with Gasteiger partial charge in [-0.25, -0.2) is 0 Å². The van der Waals surface area contributed by atoms with Crippen LogP contribution in [0.2, 0.25) is 0 Å². The van der Waals surface area contributed by atoms with Gasteiger partial charge in [-0.1, -0.05) is 13.0 Å². The summed E-state index contributed by atoms with van der Waals surface area (Å²) in [5.74, 6) is 1.38. The van der Waals surface area contributed by atoms with E-state index in [1.165, 1.54) is 24.0 Å². The minimum absolute atomic E-state index is 0.0106. The Kier molecular flexibility index (Phi) is 2.40. The number of hydrogen-bond acceptors (Lipinski definition) is 2. The molecule has 0 heterocycles. The lowest BCUT2D eigenvalue weighted by Gasteiger charge is -2.55. The molecule has 0 unspecified atom stereocenters. The second-order valence-electron chi connectivity index (χ2n) is 7.50. The Morgan fingerprint density at radius 1 is 1.15 bits per heavy atom. The van der Waals surface area contributed by atoms with Crippen LogP contribution in [0.15, 0.2) is 18.2 Å². The predicted octanol–water partition coefficient (Wildman–Crippen LogP) is 3.96. The van der Waals surface area contributed by atoms with Crippen LogP contribution in [-0.4, -0.2) is 10.9 Å². The first-order valence-corrected chi connectivity index (χ1v) is 7.88. The van der Waals surface area contributed by atoms with E-state index in [2.05, 4.69) is 13.0 Å². The zero-order chi connectivity index (χ0) is 14.0. The van der Waals surface area contributed by atoms with Gasteiger partial charge in [-0.3, -0.25) is 4.79 Å². The van der Waals surface area contributed by atoms with Crippen molar-refractivity contribution < 1.29 is 9.90 Å². The fourth-order valence-corrected chi connectivity index (χ4v) is 4.85. The molecular formula is C18H22O2. The summed E-state index contributed by atoms with van der Waals surface area (Å²) in [7, 11) is 0. The lowest BCUT2D eigenvalue weighted by Crippen LogP contribution is -2.49. The number of aryl methyl sites for hydroxylation is 1. The van der Waals surface area contributed by atoms with Crippen LogP contribution in [0.25, 0.3) is 0 Å². The fraction of sp³-hybridized carbons (Fsp3) is 0.611. The van der Waals surface area contributed by atoms with E-state index in [1.807, 2.05) is 12.1 Å². The van der Waals surface area contributed by atoms with Crippen LogP contribution < -0.4 is 0 Å². The first-order chi connectivity index (χ1) is 9.52. The smallest absolute Gasteiger partial charge is 0.139 e. The molecule has 3 aliphatic rings. The van der Waals surface area contributed by atoms with Crippen molar-refractivity contribution in [1.82, 2.24) is 0 Å². The van der Waals surface area contributed by atoms with Crippen LogP contribution in [0.4, 0.5) is 0 Å². The Hall–Kier alpha value is -1.31. The van der Waals surface area contributed by atoms with Gasteiger partial charge in [0.15, 0.2) is 0 Å². The SMILES string of the molecule is C[C@@]12CCc3cc(O)ccc3[C@H]1C[C@@]1(CCC1=O)CC2. The first-order valence-electron chi connectivity index (χ1n) is 7.88. The lowest BCUT2D eigenvalue weighted by atomic mass is 9.48. The quantitative estimate of drug-likeness (QED) is 0.774. The number of phenols is 1. The van der Waals surface area contributed by atoms with Crippen LogP contribution in [0.3, 0.4) is 0 Å². The lowest BCUT2D eigenvalue weighted by molar-refractivity contribution is -0.144. The van der Waals surface area contributed by atoms with Crippen molar-refractivity contribution in [2.24, 2.45) is 10.8 Å². The minimum Gasteiger partial charge on any atom is -0.508 e. The minimum atomic E-state index is 0.0106. The van der Waals surface area contributed by atoms with E-state index in [0.717, 1.165) is 32.1 Å². The average Bonchev–Trinajstić information content (AvgIpc) is 2.45. The standard InChI is InChI=1S/C18H22O2/c1-17-6-4-12-10-13(19)2-3-14(12)15(17)11-18(9-8-17)7-5-16(18)20/h2-3,10,15,19H,4-9,11H2,1H3/t15-,17+,18-/m1/s1. The molecule has 2 nitrogen and oxygen atoms in total. The zero-order valence-electron chi connectivity index (χ0n) is 12.1. The van der Waals surface area contributed by atoms with Gasteiger partial charge >= 0.3 is 0 Å². The Bertz CT molecular complexity index is 591. The summed E-state index contributed by atoms with van der Waals surface area (Å²) in [5.41, 5.74) is 3.06. The maximum atomic E-state index is 12.1. The van der Waals surface area contributed by atoms with E-state index in [-0.39, 0.29) is 5.41 Å². The third-order valence-electron chi connectivity index (χ3n) is 6.50. The maximum Gasteiger partial charge on any atom is 0.139 e. The van der Waals surface area contributed by atoms with E-state index in [4.69, 9.17) is 0 Å². The second-order valence-corrected chi connectivity index (χ2v) is 7.50. The average molecular weight is 270 g/mol. The molecule has 0 bridgehead atoms. The topological polar surface area (TPSA) is 37.3 Å². The Balaban J connectivity index is 1.76. The van der Waals surface area contributed by atoms with Crippen molar-refractivity contribution in [1.29, 1.82) is 0 Å². The molecule has 4 rings (SSSR count). The number of aromatic hydroxyl groups is 1. The highest BCUT2D eigenvalue weighted by molar-refractivity contribution is 5.90. The molecule has 1 aromatic rings. The summed E-state index contributed by atoms with van der Waals surface area (Å²) in [6.45, 7) is 2.41. The van der Waals surface area contributed by atoms with Gasteiger partial charge < -0.3 is 5.11 Å². The highest BCUT2D eigenvalue weighted by Gasteiger charge is 2.55. The van der Waals surface area contributed by atoms with E-state index in [9.17, 15) is 9.90 Å². The number of hydrogen-bond donors (Lipinski definition) is 1. The van der Waals surface area contributed by atoms with Gasteiger partial charge in [0.2, 0.25) is 0 Å². The van der Waals surface area contributed by atoms with Crippen LogP contribution in [-0.2, 0) is 11.2 Å². The molecule has 3 aliphatic carbocycles. The molecule has 1 N–H and O–H groups in total. The van der Waals surface area contributed by atoms with E-state index in [1.54, 1.807) is 0 Å². The van der Waals surface area contributed by atoms with Gasteiger partial charge in [-0.15, -0.1) is 0 Å². The predicted molar refractivity (Wildman–Crippen MR) is 77.8 cm³/mol.